The maximum absolute atomic E-state index is 13.2. The summed E-state index contributed by atoms with van der Waals surface area (Å²) in [5.74, 6) is 0.258. The molecule has 6 heteroatoms. The first-order valence-corrected chi connectivity index (χ1v) is 7.20. The topological polar surface area (TPSA) is 52.0 Å². The molecular formula is C15H9BrClFN2O. The molecule has 0 atom stereocenters. The summed E-state index contributed by atoms with van der Waals surface area (Å²) in [4.78, 5) is 0. The molecule has 0 aliphatic heterocycles. The van der Waals surface area contributed by atoms with Crippen LogP contribution in [0.15, 0.2) is 51.5 Å². The van der Waals surface area contributed by atoms with Gasteiger partial charge in [0.15, 0.2) is 11.6 Å². The lowest BCUT2D eigenvalue weighted by Gasteiger charge is -2.05. The molecule has 2 aromatic carbocycles. The van der Waals surface area contributed by atoms with Gasteiger partial charge in [-0.2, -0.15) is 0 Å². The zero-order valence-electron chi connectivity index (χ0n) is 10.6. The Morgan fingerprint density at radius 3 is 2.52 bits per heavy atom. The third-order valence-corrected chi connectivity index (χ3v) is 3.87. The van der Waals surface area contributed by atoms with Gasteiger partial charge in [0, 0.05) is 10.0 Å². The van der Waals surface area contributed by atoms with Gasteiger partial charge < -0.3 is 10.3 Å². The molecule has 2 N–H and O–H groups in total. The molecule has 0 spiro atoms. The average molecular weight is 368 g/mol. The van der Waals surface area contributed by atoms with E-state index >= 15 is 0 Å². The van der Waals surface area contributed by atoms with E-state index in [1.54, 1.807) is 6.07 Å². The van der Waals surface area contributed by atoms with E-state index in [-0.39, 0.29) is 10.8 Å². The molecule has 106 valence electrons. The minimum Gasteiger partial charge on any atom is -0.380 e. The fraction of sp³-hybridized carbons (Fsp3) is 0. The van der Waals surface area contributed by atoms with E-state index in [2.05, 4.69) is 21.1 Å². The maximum atomic E-state index is 13.2. The highest BCUT2D eigenvalue weighted by Gasteiger charge is 2.19. The molecule has 0 aliphatic rings. The molecule has 0 radical (unpaired) electrons. The Morgan fingerprint density at radius 1 is 1.14 bits per heavy atom. The summed E-state index contributed by atoms with van der Waals surface area (Å²) >= 11 is 9.46. The van der Waals surface area contributed by atoms with Crippen molar-refractivity contribution >= 4 is 33.3 Å². The Bertz CT molecular complexity index is 802. The first-order chi connectivity index (χ1) is 10.1. The normalized spacial score (nSPS) is 10.8. The second-order valence-electron chi connectivity index (χ2n) is 4.40. The minimum absolute atomic E-state index is 0.240. The summed E-state index contributed by atoms with van der Waals surface area (Å²) in [6.45, 7) is 0. The van der Waals surface area contributed by atoms with Crippen LogP contribution < -0.4 is 5.73 Å². The molecular weight excluding hydrogens is 359 g/mol. The van der Waals surface area contributed by atoms with Crippen molar-refractivity contribution in [1.29, 1.82) is 0 Å². The number of hydrogen-bond donors (Lipinski definition) is 1. The van der Waals surface area contributed by atoms with Crippen LogP contribution in [-0.4, -0.2) is 5.16 Å². The lowest BCUT2D eigenvalue weighted by Crippen LogP contribution is -1.89. The predicted molar refractivity (Wildman–Crippen MR) is 84.5 cm³/mol. The van der Waals surface area contributed by atoms with E-state index in [1.165, 1.54) is 12.1 Å². The van der Waals surface area contributed by atoms with Crippen LogP contribution in [0.2, 0.25) is 5.02 Å². The first-order valence-electron chi connectivity index (χ1n) is 6.03. The Morgan fingerprint density at radius 2 is 1.86 bits per heavy atom. The number of anilines is 1. The van der Waals surface area contributed by atoms with Crippen molar-refractivity contribution in [3.05, 3.63) is 57.8 Å². The van der Waals surface area contributed by atoms with E-state index < -0.39 is 5.82 Å². The fourth-order valence-corrected chi connectivity index (χ4v) is 2.57. The van der Waals surface area contributed by atoms with Gasteiger partial charge in [0.2, 0.25) is 0 Å². The standard InChI is InChI=1S/C15H9BrClFN2O/c16-9-3-1-8(2-4-9)13-14(21-20-15(13)19)11-6-5-10(18)7-12(11)17/h1-7H,(H2,19,20). The van der Waals surface area contributed by atoms with Gasteiger partial charge in [-0.15, -0.1) is 0 Å². The van der Waals surface area contributed by atoms with Crippen LogP contribution in [0.25, 0.3) is 22.5 Å². The third-order valence-electron chi connectivity index (χ3n) is 3.03. The second-order valence-corrected chi connectivity index (χ2v) is 5.73. The van der Waals surface area contributed by atoms with Crippen LogP contribution in [0.1, 0.15) is 0 Å². The van der Waals surface area contributed by atoms with Crippen LogP contribution in [0.3, 0.4) is 0 Å². The Hall–Kier alpha value is -1.85. The van der Waals surface area contributed by atoms with Gasteiger partial charge in [0.25, 0.3) is 0 Å². The molecule has 0 amide bonds. The molecule has 3 nitrogen and oxygen atoms in total. The maximum Gasteiger partial charge on any atom is 0.178 e. The van der Waals surface area contributed by atoms with Crippen molar-refractivity contribution < 1.29 is 8.91 Å². The second kappa shape index (κ2) is 5.50. The first kappa shape index (κ1) is 14.1. The third kappa shape index (κ3) is 2.66. The van der Waals surface area contributed by atoms with Crippen LogP contribution >= 0.6 is 27.5 Å². The number of hydrogen-bond acceptors (Lipinski definition) is 3. The minimum atomic E-state index is -0.415. The molecule has 0 saturated carbocycles. The Balaban J connectivity index is 2.19. The molecule has 0 unspecified atom stereocenters. The smallest absolute Gasteiger partial charge is 0.178 e. The summed E-state index contributed by atoms with van der Waals surface area (Å²) in [5.41, 5.74) is 7.91. The lowest BCUT2D eigenvalue weighted by atomic mass is 10.0. The summed E-state index contributed by atoms with van der Waals surface area (Å²) in [7, 11) is 0. The fourth-order valence-electron chi connectivity index (χ4n) is 2.06. The molecule has 0 saturated heterocycles. The van der Waals surface area contributed by atoms with E-state index in [0.29, 0.717) is 16.9 Å². The van der Waals surface area contributed by atoms with Crippen LogP contribution in [0.4, 0.5) is 10.2 Å². The largest absolute Gasteiger partial charge is 0.380 e. The summed E-state index contributed by atoms with van der Waals surface area (Å²) in [5, 5.41) is 4.03. The molecule has 1 aromatic heterocycles. The quantitative estimate of drug-likeness (QED) is 0.682. The predicted octanol–water partition coefficient (Wildman–Crippen LogP) is 5.15. The number of nitrogens with two attached hydrogens (primary N) is 1. The van der Waals surface area contributed by atoms with Crippen molar-refractivity contribution in [1.82, 2.24) is 5.16 Å². The molecule has 3 aromatic rings. The van der Waals surface area contributed by atoms with E-state index in [1.807, 2.05) is 24.3 Å². The van der Waals surface area contributed by atoms with Crippen molar-refractivity contribution in [2.24, 2.45) is 0 Å². The van der Waals surface area contributed by atoms with Crippen molar-refractivity contribution in [2.75, 3.05) is 5.73 Å². The highest BCUT2D eigenvalue weighted by molar-refractivity contribution is 9.10. The summed E-state index contributed by atoms with van der Waals surface area (Å²) < 4.78 is 19.4. The number of aromatic nitrogens is 1. The average Bonchev–Trinajstić information content (AvgIpc) is 2.82. The summed E-state index contributed by atoms with van der Waals surface area (Å²) in [6.07, 6.45) is 0. The highest BCUT2D eigenvalue weighted by atomic mass is 79.9. The van der Waals surface area contributed by atoms with Gasteiger partial charge in [0.05, 0.1) is 10.6 Å². The van der Waals surface area contributed by atoms with Crippen molar-refractivity contribution in [3.8, 4) is 22.5 Å². The Labute approximate surface area is 133 Å². The number of benzene rings is 2. The zero-order valence-corrected chi connectivity index (χ0v) is 13.0. The number of halogens is 3. The van der Waals surface area contributed by atoms with Crippen LogP contribution in [-0.2, 0) is 0 Å². The zero-order chi connectivity index (χ0) is 15.0. The van der Waals surface area contributed by atoms with Crippen molar-refractivity contribution in [2.45, 2.75) is 0 Å². The van der Waals surface area contributed by atoms with E-state index in [9.17, 15) is 4.39 Å². The van der Waals surface area contributed by atoms with Gasteiger partial charge in [-0.1, -0.05) is 44.8 Å². The van der Waals surface area contributed by atoms with Gasteiger partial charge in [-0.05, 0) is 35.9 Å². The van der Waals surface area contributed by atoms with Gasteiger partial charge in [0.1, 0.15) is 5.82 Å². The lowest BCUT2D eigenvalue weighted by molar-refractivity contribution is 0.436. The van der Waals surface area contributed by atoms with Crippen molar-refractivity contribution in [3.63, 3.8) is 0 Å². The molecule has 0 fully saturated rings. The summed E-state index contributed by atoms with van der Waals surface area (Å²) in [6, 6.07) is 11.6. The Kier molecular flexibility index (Phi) is 3.69. The number of nitrogens with zero attached hydrogens (tertiary/aromatic N) is 1. The van der Waals surface area contributed by atoms with Crippen LogP contribution in [0, 0.1) is 5.82 Å². The van der Waals surface area contributed by atoms with Crippen LogP contribution in [0.5, 0.6) is 0 Å². The van der Waals surface area contributed by atoms with Gasteiger partial charge in [-0.25, -0.2) is 4.39 Å². The van der Waals surface area contributed by atoms with Gasteiger partial charge >= 0.3 is 0 Å². The molecule has 21 heavy (non-hydrogen) atoms. The molecule has 0 bridgehead atoms. The van der Waals surface area contributed by atoms with E-state index in [4.69, 9.17) is 21.9 Å². The number of rotatable bonds is 2. The SMILES string of the molecule is Nc1noc(-c2ccc(F)cc2Cl)c1-c1ccc(Br)cc1. The number of nitrogen functional groups attached to an aromatic ring is 1. The molecule has 0 aliphatic carbocycles. The van der Waals surface area contributed by atoms with E-state index in [0.717, 1.165) is 10.0 Å². The highest BCUT2D eigenvalue weighted by Crippen LogP contribution is 2.39. The molecule has 3 rings (SSSR count). The molecule has 1 heterocycles. The monoisotopic (exact) mass is 366 g/mol. The van der Waals surface area contributed by atoms with Gasteiger partial charge in [-0.3, -0.25) is 0 Å².